The van der Waals surface area contributed by atoms with E-state index in [1.807, 2.05) is 6.92 Å². The molecule has 0 aliphatic heterocycles. The molecule has 1 rings (SSSR count). The Labute approximate surface area is 140 Å². The van der Waals surface area contributed by atoms with Crippen molar-refractivity contribution < 1.29 is 14.7 Å². The summed E-state index contributed by atoms with van der Waals surface area (Å²) in [6.07, 6.45) is 1.02. The van der Waals surface area contributed by atoms with Crippen LogP contribution in [0.25, 0.3) is 0 Å². The Morgan fingerprint density at radius 3 is 2.59 bits per heavy atom. The van der Waals surface area contributed by atoms with Crippen LogP contribution in [0.2, 0.25) is 10.0 Å². The van der Waals surface area contributed by atoms with Gasteiger partial charge in [0.05, 0.1) is 16.3 Å². The molecular weight excluding hydrogens is 327 g/mol. The van der Waals surface area contributed by atoms with E-state index < -0.39 is 5.91 Å². The highest BCUT2D eigenvalue weighted by Crippen LogP contribution is 2.30. The summed E-state index contributed by atoms with van der Waals surface area (Å²) in [6.45, 7) is 3.96. The van der Waals surface area contributed by atoms with E-state index in [1.165, 1.54) is 12.1 Å². The lowest BCUT2D eigenvalue weighted by Crippen LogP contribution is -2.30. The highest BCUT2D eigenvalue weighted by atomic mass is 35.5. The number of halogens is 2. The number of aliphatic hydroxyl groups excluding tert-OH is 1. The Bertz CT molecular complexity index is 550. The van der Waals surface area contributed by atoms with Crippen molar-refractivity contribution in [1.29, 1.82) is 0 Å². The number of aliphatic hydroxyl groups is 1. The number of nitrogens with one attached hydrogen (secondary N) is 2. The summed E-state index contributed by atoms with van der Waals surface area (Å²) in [6, 6.07) is 2.92. The predicted octanol–water partition coefficient (Wildman–Crippen LogP) is 3.09. The van der Waals surface area contributed by atoms with Crippen LogP contribution in [0.3, 0.4) is 0 Å². The Morgan fingerprint density at radius 1 is 1.32 bits per heavy atom. The minimum atomic E-state index is -0.406. The maximum absolute atomic E-state index is 12.3. The summed E-state index contributed by atoms with van der Waals surface area (Å²) >= 11 is 12.0. The molecule has 5 nitrogen and oxygen atoms in total. The number of rotatable bonds is 7. The molecule has 1 unspecified atom stereocenters. The number of carbonyl (C=O) groups is 2. The molecular formula is C15H20Cl2N2O3. The normalized spacial score (nSPS) is 11.9. The molecule has 0 saturated carbocycles. The second kappa shape index (κ2) is 8.98. The van der Waals surface area contributed by atoms with Gasteiger partial charge >= 0.3 is 0 Å². The van der Waals surface area contributed by atoms with E-state index >= 15 is 0 Å². The molecule has 2 amide bonds. The van der Waals surface area contributed by atoms with Gasteiger partial charge in [-0.15, -0.1) is 0 Å². The first-order valence-corrected chi connectivity index (χ1v) is 7.82. The first-order chi connectivity index (χ1) is 10.4. The quantitative estimate of drug-likeness (QED) is 0.709. The zero-order valence-corrected chi connectivity index (χ0v) is 14.1. The second-order valence-electron chi connectivity index (χ2n) is 5.11. The molecule has 0 spiro atoms. The number of amides is 2. The second-order valence-corrected chi connectivity index (χ2v) is 5.95. The smallest absolute Gasteiger partial charge is 0.253 e. The first kappa shape index (κ1) is 18.7. The Morgan fingerprint density at radius 2 is 2.00 bits per heavy atom. The van der Waals surface area contributed by atoms with Crippen molar-refractivity contribution in [3.05, 3.63) is 27.7 Å². The lowest BCUT2D eigenvalue weighted by atomic mass is 10.1. The molecule has 22 heavy (non-hydrogen) atoms. The van der Waals surface area contributed by atoms with Crippen LogP contribution in [-0.2, 0) is 4.79 Å². The Kier molecular flexibility index (Phi) is 7.65. The molecule has 0 aliphatic carbocycles. The maximum Gasteiger partial charge on any atom is 0.253 e. The largest absolute Gasteiger partial charge is 0.396 e. The van der Waals surface area contributed by atoms with Gasteiger partial charge in [0.2, 0.25) is 5.91 Å². The lowest BCUT2D eigenvalue weighted by molar-refractivity contribution is -0.116. The molecule has 7 heteroatoms. The third kappa shape index (κ3) is 5.48. The molecule has 0 bridgehead atoms. The van der Waals surface area contributed by atoms with Crippen LogP contribution in [0.1, 0.15) is 37.0 Å². The van der Waals surface area contributed by atoms with Gasteiger partial charge in [-0.25, -0.2) is 0 Å². The van der Waals surface area contributed by atoms with Crippen LogP contribution in [0.5, 0.6) is 0 Å². The van der Waals surface area contributed by atoms with E-state index in [2.05, 4.69) is 10.6 Å². The number of hydrogen-bond acceptors (Lipinski definition) is 3. The highest BCUT2D eigenvalue weighted by molar-refractivity contribution is 6.38. The summed E-state index contributed by atoms with van der Waals surface area (Å²) in [5, 5.41) is 14.8. The van der Waals surface area contributed by atoms with Crippen LogP contribution >= 0.6 is 23.2 Å². The zero-order valence-electron chi connectivity index (χ0n) is 12.6. The van der Waals surface area contributed by atoms with Gasteiger partial charge in [0.1, 0.15) is 0 Å². The van der Waals surface area contributed by atoms with Gasteiger partial charge < -0.3 is 15.7 Å². The van der Waals surface area contributed by atoms with Crippen LogP contribution in [0.4, 0.5) is 5.69 Å². The molecule has 1 atom stereocenters. The lowest BCUT2D eigenvalue weighted by Gasteiger charge is -2.15. The average molecular weight is 347 g/mol. The molecule has 1 aromatic carbocycles. The van der Waals surface area contributed by atoms with Crippen LogP contribution in [0.15, 0.2) is 12.1 Å². The standard InChI is InChI=1S/C15H20Cl2N2O3/c1-3-4-13(21)19-14-11(5-10(16)6-12(14)17)15(22)18-7-9(2)8-20/h5-6,9,20H,3-4,7-8H2,1-2H3,(H,18,22)(H,19,21). The minimum absolute atomic E-state index is 0.0311. The van der Waals surface area contributed by atoms with Gasteiger partial charge in [0, 0.05) is 24.6 Å². The topological polar surface area (TPSA) is 78.4 Å². The van der Waals surface area contributed by atoms with Crippen molar-refractivity contribution in [3.63, 3.8) is 0 Å². The molecule has 122 valence electrons. The maximum atomic E-state index is 12.3. The fourth-order valence-electron chi connectivity index (χ4n) is 1.74. The van der Waals surface area contributed by atoms with E-state index in [1.54, 1.807) is 6.92 Å². The summed E-state index contributed by atoms with van der Waals surface area (Å²) < 4.78 is 0. The number of carbonyl (C=O) groups excluding carboxylic acids is 2. The first-order valence-electron chi connectivity index (χ1n) is 7.07. The minimum Gasteiger partial charge on any atom is -0.396 e. The zero-order chi connectivity index (χ0) is 16.7. The molecule has 0 aromatic heterocycles. The van der Waals surface area contributed by atoms with E-state index in [4.69, 9.17) is 28.3 Å². The fourth-order valence-corrected chi connectivity index (χ4v) is 2.28. The van der Waals surface area contributed by atoms with Crippen LogP contribution < -0.4 is 10.6 Å². The number of benzene rings is 1. The molecule has 3 N–H and O–H groups in total. The third-order valence-corrected chi connectivity index (χ3v) is 3.48. The predicted molar refractivity (Wildman–Crippen MR) is 88.6 cm³/mol. The van der Waals surface area contributed by atoms with Crippen LogP contribution in [0, 0.1) is 5.92 Å². The van der Waals surface area contributed by atoms with Gasteiger partial charge in [-0.2, -0.15) is 0 Å². The van der Waals surface area contributed by atoms with Crippen molar-refractivity contribution in [2.24, 2.45) is 5.92 Å². The third-order valence-electron chi connectivity index (χ3n) is 2.96. The summed E-state index contributed by atoms with van der Waals surface area (Å²) in [5.41, 5.74) is 0.450. The molecule has 0 fully saturated rings. The Balaban J connectivity index is 3.00. The van der Waals surface area contributed by atoms with Gasteiger partial charge in [-0.05, 0) is 24.5 Å². The van der Waals surface area contributed by atoms with Gasteiger partial charge in [-0.1, -0.05) is 37.0 Å². The average Bonchev–Trinajstić information content (AvgIpc) is 2.47. The summed E-state index contributed by atoms with van der Waals surface area (Å²) in [4.78, 5) is 24.0. The van der Waals surface area contributed by atoms with Crippen molar-refractivity contribution in [1.82, 2.24) is 5.32 Å². The molecule has 1 aromatic rings. The number of anilines is 1. The summed E-state index contributed by atoms with van der Waals surface area (Å²) in [5.74, 6) is -0.697. The number of hydrogen-bond donors (Lipinski definition) is 3. The van der Waals surface area contributed by atoms with Gasteiger partial charge in [-0.3, -0.25) is 9.59 Å². The van der Waals surface area contributed by atoms with E-state index in [0.29, 0.717) is 24.4 Å². The SMILES string of the molecule is CCCC(=O)Nc1c(Cl)cc(Cl)cc1C(=O)NCC(C)CO. The van der Waals surface area contributed by atoms with Crippen molar-refractivity contribution in [2.45, 2.75) is 26.7 Å². The Hall–Kier alpha value is -1.30. The van der Waals surface area contributed by atoms with Crippen molar-refractivity contribution in [3.8, 4) is 0 Å². The molecule has 0 radical (unpaired) electrons. The fraction of sp³-hybridized carbons (Fsp3) is 0.467. The van der Waals surface area contributed by atoms with E-state index in [9.17, 15) is 9.59 Å². The van der Waals surface area contributed by atoms with Crippen molar-refractivity contribution in [2.75, 3.05) is 18.5 Å². The summed E-state index contributed by atoms with van der Waals surface area (Å²) in [7, 11) is 0. The van der Waals surface area contributed by atoms with E-state index in [0.717, 1.165) is 0 Å². The monoisotopic (exact) mass is 346 g/mol. The van der Waals surface area contributed by atoms with Gasteiger partial charge in [0.25, 0.3) is 5.91 Å². The molecule has 0 saturated heterocycles. The highest BCUT2D eigenvalue weighted by Gasteiger charge is 2.18. The molecule has 0 heterocycles. The van der Waals surface area contributed by atoms with Gasteiger partial charge in [0.15, 0.2) is 0 Å². The molecule has 0 aliphatic rings. The van der Waals surface area contributed by atoms with Crippen LogP contribution in [-0.4, -0.2) is 30.1 Å². The van der Waals surface area contributed by atoms with E-state index in [-0.39, 0.29) is 34.7 Å². The van der Waals surface area contributed by atoms with Crippen molar-refractivity contribution >= 4 is 40.7 Å².